The Labute approximate surface area is 183 Å². The topological polar surface area (TPSA) is 119 Å². The van der Waals surface area contributed by atoms with Crippen LogP contribution in [0.2, 0.25) is 6.32 Å². The van der Waals surface area contributed by atoms with Gasteiger partial charge in [0, 0.05) is 24.2 Å². The number of fused-ring (bicyclic) bond motifs is 1. The fourth-order valence-corrected chi connectivity index (χ4v) is 4.46. The first kappa shape index (κ1) is 23.1. The maximum absolute atomic E-state index is 12.0. The van der Waals surface area contributed by atoms with Crippen LogP contribution in [0.3, 0.4) is 0 Å². The highest BCUT2D eigenvalue weighted by Crippen LogP contribution is 2.33. The normalized spacial score (nSPS) is 16.7. The van der Waals surface area contributed by atoms with E-state index in [0.29, 0.717) is 45.2 Å². The highest BCUT2D eigenvalue weighted by molar-refractivity contribution is 6.40. The van der Waals surface area contributed by atoms with Crippen LogP contribution in [0.5, 0.6) is 0 Å². The van der Waals surface area contributed by atoms with Crippen molar-refractivity contribution < 1.29 is 19.9 Å². The highest BCUT2D eigenvalue weighted by atomic mass is 16.4. The molecule has 2 aromatic carbocycles. The molecule has 1 fully saturated rings. The molecule has 2 aromatic rings. The van der Waals surface area contributed by atoms with Gasteiger partial charge in [-0.1, -0.05) is 55.8 Å². The number of benzene rings is 2. The van der Waals surface area contributed by atoms with E-state index in [0.717, 1.165) is 22.3 Å². The summed E-state index contributed by atoms with van der Waals surface area (Å²) in [6, 6.07) is 14.3. The number of aliphatic carboxylic acids is 1. The number of carbonyl (C=O) groups is 1. The Balaban J connectivity index is 1.58. The SMILES string of the molecule is C=C(Nc1cccc2ccccc12)N1CCC(C(N)(CCCCB(O)O)C(=O)O)CC1. The van der Waals surface area contributed by atoms with Gasteiger partial charge in [-0.25, -0.2) is 0 Å². The predicted molar refractivity (Wildman–Crippen MR) is 124 cm³/mol. The molecular weight excluding hydrogens is 393 g/mol. The summed E-state index contributed by atoms with van der Waals surface area (Å²) in [4.78, 5) is 14.1. The van der Waals surface area contributed by atoms with Gasteiger partial charge in [0.1, 0.15) is 5.54 Å². The molecule has 31 heavy (non-hydrogen) atoms. The number of hydrogen-bond acceptors (Lipinski definition) is 6. The summed E-state index contributed by atoms with van der Waals surface area (Å²) in [6.07, 6.45) is 2.98. The van der Waals surface area contributed by atoms with Crippen molar-refractivity contribution in [2.75, 3.05) is 18.4 Å². The third-order valence-corrected chi connectivity index (χ3v) is 6.37. The molecule has 0 aromatic heterocycles. The number of unbranched alkanes of at least 4 members (excludes halogenated alkanes) is 1. The van der Waals surface area contributed by atoms with E-state index >= 15 is 0 Å². The van der Waals surface area contributed by atoms with E-state index in [9.17, 15) is 9.90 Å². The molecule has 0 bridgehead atoms. The van der Waals surface area contributed by atoms with Gasteiger partial charge < -0.3 is 31.1 Å². The van der Waals surface area contributed by atoms with E-state index in [1.54, 1.807) is 0 Å². The van der Waals surface area contributed by atoms with Gasteiger partial charge in [0.15, 0.2) is 0 Å². The van der Waals surface area contributed by atoms with Crippen LogP contribution in [-0.4, -0.2) is 51.8 Å². The van der Waals surface area contributed by atoms with Gasteiger partial charge in [-0.15, -0.1) is 0 Å². The number of carboxylic acids is 1. The van der Waals surface area contributed by atoms with E-state index in [1.807, 2.05) is 24.3 Å². The molecule has 1 heterocycles. The smallest absolute Gasteiger partial charge is 0.451 e. The van der Waals surface area contributed by atoms with Gasteiger partial charge in [-0.2, -0.15) is 0 Å². The zero-order chi connectivity index (χ0) is 22.4. The number of nitrogens with two attached hydrogens (primary N) is 1. The molecule has 8 heteroatoms. The molecule has 1 unspecified atom stereocenters. The first-order chi connectivity index (χ1) is 14.8. The molecule has 1 atom stereocenters. The highest BCUT2D eigenvalue weighted by Gasteiger charge is 2.43. The predicted octanol–water partition coefficient (Wildman–Crippen LogP) is 2.86. The Morgan fingerprint density at radius 1 is 1.16 bits per heavy atom. The van der Waals surface area contributed by atoms with Crippen LogP contribution in [0.25, 0.3) is 10.8 Å². The second-order valence-electron chi connectivity index (χ2n) is 8.43. The Hall–Kier alpha value is -2.55. The summed E-state index contributed by atoms with van der Waals surface area (Å²) in [5, 5.41) is 33.4. The Bertz CT molecular complexity index is 909. The number of anilines is 1. The standard InChI is InChI=1S/C23H32BN3O4/c1-17(26-21-10-6-8-18-7-2-3-9-20(18)21)27-15-11-19(12-16-27)23(25,22(28)29)13-4-5-14-24(30)31/h2-3,6-10,19,26,30-31H,1,4-5,11-16,25H2,(H,28,29). The third-order valence-electron chi connectivity index (χ3n) is 6.37. The number of likely N-dealkylation sites (tertiary alicyclic amines) is 1. The fraction of sp³-hybridized carbons (Fsp3) is 0.435. The number of rotatable bonds is 10. The van der Waals surface area contributed by atoms with Crippen molar-refractivity contribution in [2.45, 2.75) is 44.0 Å². The van der Waals surface area contributed by atoms with Crippen LogP contribution in [0.4, 0.5) is 5.69 Å². The molecule has 1 aliphatic rings. The van der Waals surface area contributed by atoms with E-state index in [-0.39, 0.29) is 12.2 Å². The summed E-state index contributed by atoms with van der Waals surface area (Å²) >= 11 is 0. The van der Waals surface area contributed by atoms with Gasteiger partial charge in [-0.3, -0.25) is 4.79 Å². The van der Waals surface area contributed by atoms with E-state index < -0.39 is 18.6 Å². The molecule has 0 radical (unpaired) electrons. The molecule has 0 amide bonds. The summed E-state index contributed by atoms with van der Waals surface area (Å²) < 4.78 is 0. The van der Waals surface area contributed by atoms with Crippen molar-refractivity contribution in [1.82, 2.24) is 4.90 Å². The lowest BCUT2D eigenvalue weighted by molar-refractivity contribution is -0.146. The minimum atomic E-state index is -1.36. The minimum Gasteiger partial charge on any atom is -0.480 e. The lowest BCUT2D eigenvalue weighted by atomic mass is 9.74. The molecule has 0 spiro atoms. The minimum absolute atomic E-state index is 0.134. The zero-order valence-corrected chi connectivity index (χ0v) is 17.8. The second kappa shape index (κ2) is 10.2. The molecule has 1 saturated heterocycles. The number of carboxylic acid groups (broad SMARTS) is 1. The van der Waals surface area contributed by atoms with Gasteiger partial charge in [0.25, 0.3) is 0 Å². The van der Waals surface area contributed by atoms with Crippen LogP contribution in [0, 0.1) is 5.92 Å². The Morgan fingerprint density at radius 2 is 1.84 bits per heavy atom. The van der Waals surface area contributed by atoms with Crippen molar-refractivity contribution >= 4 is 29.5 Å². The zero-order valence-electron chi connectivity index (χ0n) is 17.8. The fourth-order valence-electron chi connectivity index (χ4n) is 4.46. The molecule has 6 N–H and O–H groups in total. The average molecular weight is 425 g/mol. The largest absolute Gasteiger partial charge is 0.480 e. The summed E-state index contributed by atoms with van der Waals surface area (Å²) in [5.41, 5.74) is 6.06. The first-order valence-corrected chi connectivity index (χ1v) is 10.9. The van der Waals surface area contributed by atoms with Crippen LogP contribution in [0.15, 0.2) is 54.9 Å². The Kier molecular flexibility index (Phi) is 7.59. The van der Waals surface area contributed by atoms with Crippen molar-refractivity contribution in [1.29, 1.82) is 0 Å². The quantitative estimate of drug-likeness (QED) is 0.293. The van der Waals surface area contributed by atoms with Gasteiger partial charge in [-0.05, 0) is 43.0 Å². The van der Waals surface area contributed by atoms with Crippen LogP contribution in [0.1, 0.15) is 32.1 Å². The van der Waals surface area contributed by atoms with Gasteiger partial charge in [0.05, 0.1) is 5.82 Å². The van der Waals surface area contributed by atoms with Crippen LogP contribution in [-0.2, 0) is 4.79 Å². The Morgan fingerprint density at radius 3 is 2.52 bits per heavy atom. The molecular formula is C23H32BN3O4. The summed E-state index contributed by atoms with van der Waals surface area (Å²) in [5.74, 6) is -0.321. The molecule has 166 valence electrons. The maximum Gasteiger partial charge on any atom is 0.451 e. The molecule has 0 saturated carbocycles. The average Bonchev–Trinajstić information content (AvgIpc) is 2.76. The van der Waals surface area contributed by atoms with Crippen LogP contribution < -0.4 is 11.1 Å². The van der Waals surface area contributed by atoms with E-state index in [2.05, 4.69) is 35.0 Å². The number of hydrogen-bond donors (Lipinski definition) is 5. The lowest BCUT2D eigenvalue weighted by Gasteiger charge is -2.41. The van der Waals surface area contributed by atoms with Crippen molar-refractivity contribution in [3.05, 3.63) is 54.9 Å². The van der Waals surface area contributed by atoms with Gasteiger partial charge in [0.2, 0.25) is 0 Å². The first-order valence-electron chi connectivity index (χ1n) is 10.9. The van der Waals surface area contributed by atoms with Crippen LogP contribution >= 0.6 is 0 Å². The van der Waals surface area contributed by atoms with Crippen molar-refractivity contribution in [3.8, 4) is 0 Å². The lowest BCUT2D eigenvalue weighted by Crippen LogP contribution is -2.57. The molecule has 1 aliphatic heterocycles. The van der Waals surface area contributed by atoms with Gasteiger partial charge >= 0.3 is 13.1 Å². The maximum atomic E-state index is 12.0. The number of piperidine rings is 1. The number of nitrogens with one attached hydrogen (secondary N) is 1. The van der Waals surface area contributed by atoms with E-state index in [4.69, 9.17) is 15.8 Å². The van der Waals surface area contributed by atoms with Crippen molar-refractivity contribution in [2.24, 2.45) is 11.7 Å². The third kappa shape index (κ3) is 5.58. The summed E-state index contributed by atoms with van der Waals surface area (Å²) in [7, 11) is -1.36. The van der Waals surface area contributed by atoms with E-state index in [1.165, 1.54) is 0 Å². The molecule has 0 aliphatic carbocycles. The number of nitrogens with zero attached hydrogens (tertiary/aromatic N) is 1. The summed E-state index contributed by atoms with van der Waals surface area (Å²) in [6.45, 7) is 5.57. The molecule has 7 nitrogen and oxygen atoms in total. The molecule has 3 rings (SSSR count). The van der Waals surface area contributed by atoms with Crippen molar-refractivity contribution in [3.63, 3.8) is 0 Å². The second-order valence-corrected chi connectivity index (χ2v) is 8.43. The monoisotopic (exact) mass is 425 g/mol.